The third kappa shape index (κ3) is 4.28. The first-order chi connectivity index (χ1) is 13.6. The molecule has 0 saturated carbocycles. The molecule has 0 aliphatic carbocycles. The fourth-order valence-corrected chi connectivity index (χ4v) is 3.51. The van der Waals surface area contributed by atoms with E-state index in [9.17, 15) is 4.79 Å². The lowest BCUT2D eigenvalue weighted by atomic mass is 10.1. The minimum Gasteiger partial charge on any atom is -0.462 e. The molecule has 6 heteroatoms. The Morgan fingerprint density at radius 1 is 1.11 bits per heavy atom. The van der Waals surface area contributed by atoms with Gasteiger partial charge in [-0.15, -0.1) is 0 Å². The Morgan fingerprint density at radius 2 is 1.82 bits per heavy atom. The monoisotopic (exact) mass is 441 g/mol. The SMILES string of the molecule is CCOC(=O)c1cnc2ccc(Br)cc2c1Nc1ccc(N(CC)CC)cc1. The molecule has 0 unspecified atom stereocenters. The molecule has 3 rings (SSSR count). The molecule has 0 radical (unpaired) electrons. The van der Waals surface area contributed by atoms with Crippen molar-refractivity contribution in [2.24, 2.45) is 0 Å². The molecule has 2 aromatic carbocycles. The van der Waals surface area contributed by atoms with Gasteiger partial charge in [-0.25, -0.2) is 4.79 Å². The van der Waals surface area contributed by atoms with E-state index in [1.54, 1.807) is 13.1 Å². The molecule has 0 saturated heterocycles. The third-order valence-corrected chi connectivity index (χ3v) is 5.08. The number of nitrogens with zero attached hydrogens (tertiary/aromatic N) is 2. The molecule has 0 aliphatic rings. The highest BCUT2D eigenvalue weighted by atomic mass is 79.9. The first-order valence-electron chi connectivity index (χ1n) is 9.44. The number of aromatic nitrogens is 1. The second-order valence-electron chi connectivity index (χ2n) is 6.27. The van der Waals surface area contributed by atoms with Gasteiger partial charge in [0.25, 0.3) is 0 Å². The van der Waals surface area contributed by atoms with Gasteiger partial charge in [-0.2, -0.15) is 0 Å². The van der Waals surface area contributed by atoms with Crippen LogP contribution in [0.1, 0.15) is 31.1 Å². The number of fused-ring (bicyclic) bond motifs is 1. The van der Waals surface area contributed by atoms with E-state index in [1.165, 1.54) is 5.69 Å². The highest BCUT2D eigenvalue weighted by Gasteiger charge is 2.17. The van der Waals surface area contributed by atoms with Crippen molar-refractivity contribution in [3.05, 3.63) is 58.7 Å². The van der Waals surface area contributed by atoms with Crippen molar-refractivity contribution in [1.82, 2.24) is 4.98 Å². The highest BCUT2D eigenvalue weighted by Crippen LogP contribution is 2.32. The van der Waals surface area contributed by atoms with Gasteiger partial charge in [0, 0.05) is 40.5 Å². The molecule has 146 valence electrons. The van der Waals surface area contributed by atoms with Gasteiger partial charge in [0.05, 0.1) is 17.8 Å². The zero-order chi connectivity index (χ0) is 20.1. The number of anilines is 3. The van der Waals surface area contributed by atoms with Crippen molar-refractivity contribution < 1.29 is 9.53 Å². The van der Waals surface area contributed by atoms with Crippen LogP contribution < -0.4 is 10.2 Å². The summed E-state index contributed by atoms with van der Waals surface area (Å²) in [5, 5.41) is 4.26. The molecule has 28 heavy (non-hydrogen) atoms. The van der Waals surface area contributed by atoms with Gasteiger partial charge in [-0.3, -0.25) is 4.98 Å². The van der Waals surface area contributed by atoms with Crippen LogP contribution in [-0.2, 0) is 4.74 Å². The van der Waals surface area contributed by atoms with E-state index in [4.69, 9.17) is 4.74 Å². The van der Waals surface area contributed by atoms with Gasteiger partial charge in [-0.05, 0) is 63.2 Å². The van der Waals surface area contributed by atoms with E-state index >= 15 is 0 Å². The molecule has 1 aromatic heterocycles. The zero-order valence-corrected chi connectivity index (χ0v) is 17.9. The number of ether oxygens (including phenoxy) is 1. The molecular weight excluding hydrogens is 418 g/mol. The quantitative estimate of drug-likeness (QED) is 0.472. The summed E-state index contributed by atoms with van der Waals surface area (Å²) >= 11 is 3.51. The smallest absolute Gasteiger partial charge is 0.341 e. The van der Waals surface area contributed by atoms with Crippen molar-refractivity contribution in [3.8, 4) is 0 Å². The second kappa shape index (κ2) is 9.06. The number of esters is 1. The molecular formula is C22H24BrN3O2. The van der Waals surface area contributed by atoms with Crippen LogP contribution >= 0.6 is 15.9 Å². The average Bonchev–Trinajstić information content (AvgIpc) is 2.70. The molecule has 0 atom stereocenters. The van der Waals surface area contributed by atoms with Crippen molar-refractivity contribution in [2.75, 3.05) is 29.9 Å². The standard InChI is InChI=1S/C22H24BrN3O2/c1-4-26(5-2)17-10-8-16(9-11-17)25-21-18-13-15(23)7-12-20(18)24-14-19(21)22(27)28-6-3/h7-14H,4-6H2,1-3H3,(H,24,25). The van der Waals surface area contributed by atoms with Crippen LogP contribution in [0.25, 0.3) is 10.9 Å². The molecule has 3 aromatic rings. The number of hydrogen-bond donors (Lipinski definition) is 1. The van der Waals surface area contributed by atoms with Gasteiger partial charge in [-0.1, -0.05) is 15.9 Å². The predicted molar refractivity (Wildman–Crippen MR) is 119 cm³/mol. The fourth-order valence-electron chi connectivity index (χ4n) is 3.15. The fraction of sp³-hybridized carbons (Fsp3) is 0.273. The summed E-state index contributed by atoms with van der Waals surface area (Å²) in [4.78, 5) is 19.2. The summed E-state index contributed by atoms with van der Waals surface area (Å²) in [6.45, 7) is 8.30. The van der Waals surface area contributed by atoms with E-state index in [2.05, 4.69) is 57.1 Å². The van der Waals surface area contributed by atoms with Crippen molar-refractivity contribution in [1.29, 1.82) is 0 Å². The third-order valence-electron chi connectivity index (χ3n) is 4.59. The average molecular weight is 442 g/mol. The van der Waals surface area contributed by atoms with Crippen LogP contribution in [0, 0.1) is 0 Å². The van der Waals surface area contributed by atoms with Gasteiger partial charge in [0.2, 0.25) is 0 Å². The van der Waals surface area contributed by atoms with Gasteiger partial charge in [0.15, 0.2) is 0 Å². The summed E-state index contributed by atoms with van der Waals surface area (Å²) in [5.74, 6) is -0.390. The van der Waals surface area contributed by atoms with Crippen LogP contribution in [0.15, 0.2) is 53.1 Å². The summed E-state index contributed by atoms with van der Waals surface area (Å²) in [6.07, 6.45) is 1.57. The lowest BCUT2D eigenvalue weighted by Crippen LogP contribution is -2.21. The number of pyridine rings is 1. The Labute approximate surface area is 173 Å². The highest BCUT2D eigenvalue weighted by molar-refractivity contribution is 9.10. The Morgan fingerprint density at radius 3 is 2.46 bits per heavy atom. The molecule has 0 bridgehead atoms. The van der Waals surface area contributed by atoms with E-state index in [1.807, 2.05) is 30.3 Å². The number of benzene rings is 2. The van der Waals surface area contributed by atoms with Crippen molar-refractivity contribution in [3.63, 3.8) is 0 Å². The maximum Gasteiger partial charge on any atom is 0.341 e. The molecule has 0 fully saturated rings. The maximum atomic E-state index is 12.5. The van der Waals surface area contributed by atoms with E-state index in [0.717, 1.165) is 34.2 Å². The Bertz CT molecular complexity index is 969. The number of carbonyl (C=O) groups is 1. The van der Waals surface area contributed by atoms with Crippen molar-refractivity contribution >= 4 is 49.9 Å². The number of nitrogens with one attached hydrogen (secondary N) is 1. The van der Waals surface area contributed by atoms with E-state index < -0.39 is 0 Å². The summed E-state index contributed by atoms with van der Waals surface area (Å²) in [7, 11) is 0. The zero-order valence-electron chi connectivity index (χ0n) is 16.3. The molecule has 1 heterocycles. The first kappa shape index (κ1) is 20.1. The van der Waals surface area contributed by atoms with E-state index in [-0.39, 0.29) is 5.97 Å². The van der Waals surface area contributed by atoms with E-state index in [0.29, 0.717) is 17.9 Å². The van der Waals surface area contributed by atoms with Crippen LogP contribution in [0.5, 0.6) is 0 Å². The van der Waals surface area contributed by atoms with Gasteiger partial charge < -0.3 is 15.0 Å². The molecule has 0 aliphatic heterocycles. The second-order valence-corrected chi connectivity index (χ2v) is 7.19. The number of rotatable bonds is 7. The molecule has 5 nitrogen and oxygen atoms in total. The lowest BCUT2D eigenvalue weighted by Gasteiger charge is -2.21. The van der Waals surface area contributed by atoms with Crippen LogP contribution in [-0.4, -0.2) is 30.6 Å². The number of carbonyl (C=O) groups excluding carboxylic acids is 1. The maximum absolute atomic E-state index is 12.5. The normalized spacial score (nSPS) is 10.7. The van der Waals surface area contributed by atoms with Crippen LogP contribution in [0.4, 0.5) is 17.1 Å². The Balaban J connectivity index is 2.03. The lowest BCUT2D eigenvalue weighted by molar-refractivity contribution is 0.0527. The first-order valence-corrected chi connectivity index (χ1v) is 10.2. The summed E-state index contributed by atoms with van der Waals surface area (Å²) in [6, 6.07) is 14.0. The molecule has 0 amide bonds. The number of hydrogen-bond acceptors (Lipinski definition) is 5. The minimum atomic E-state index is -0.390. The number of halogens is 1. The molecule has 0 spiro atoms. The van der Waals surface area contributed by atoms with Crippen LogP contribution in [0.3, 0.4) is 0 Å². The molecule has 1 N–H and O–H groups in total. The van der Waals surface area contributed by atoms with Crippen molar-refractivity contribution in [2.45, 2.75) is 20.8 Å². The summed E-state index contributed by atoms with van der Waals surface area (Å²) < 4.78 is 6.15. The Kier molecular flexibility index (Phi) is 6.52. The predicted octanol–water partition coefficient (Wildman–Crippen LogP) is 5.76. The van der Waals surface area contributed by atoms with Gasteiger partial charge >= 0.3 is 5.97 Å². The Hall–Kier alpha value is -2.60. The minimum absolute atomic E-state index is 0.313. The topological polar surface area (TPSA) is 54.5 Å². The van der Waals surface area contributed by atoms with Gasteiger partial charge in [0.1, 0.15) is 5.56 Å². The van der Waals surface area contributed by atoms with Crippen LogP contribution in [0.2, 0.25) is 0 Å². The largest absolute Gasteiger partial charge is 0.462 e. The summed E-state index contributed by atoms with van der Waals surface area (Å²) in [5.41, 5.74) is 3.98.